The van der Waals surface area contributed by atoms with Crippen LogP contribution in [0.15, 0.2) is 0 Å². The van der Waals surface area contributed by atoms with Gasteiger partial charge in [0.15, 0.2) is 0 Å². The van der Waals surface area contributed by atoms with Gasteiger partial charge >= 0.3 is 0 Å². The van der Waals surface area contributed by atoms with E-state index < -0.39 is 0 Å². The number of aliphatic hydroxyl groups excluding tert-OH is 1. The summed E-state index contributed by atoms with van der Waals surface area (Å²) in [5.41, 5.74) is 0. The van der Waals surface area contributed by atoms with Gasteiger partial charge in [-0.3, -0.25) is 4.79 Å². The average molecular weight is 249 g/mol. The van der Waals surface area contributed by atoms with Crippen molar-refractivity contribution in [3.8, 4) is 0 Å². The van der Waals surface area contributed by atoms with Crippen LogP contribution in [-0.4, -0.2) is 49.4 Å². The lowest BCUT2D eigenvalue weighted by Crippen LogP contribution is -2.28. The van der Waals surface area contributed by atoms with E-state index in [1.807, 2.05) is 6.92 Å². The lowest BCUT2D eigenvalue weighted by molar-refractivity contribution is -0.122. The molecule has 5 heteroatoms. The van der Waals surface area contributed by atoms with Gasteiger partial charge in [-0.1, -0.05) is 6.92 Å². The van der Waals surface area contributed by atoms with E-state index in [4.69, 9.17) is 9.84 Å². The smallest absolute Gasteiger partial charge is 0.220 e. The third kappa shape index (κ3) is 10.3. The Labute approximate surface area is 102 Å². The molecular formula is C11H23NO3S. The number of amides is 1. The zero-order chi connectivity index (χ0) is 12.2. The highest BCUT2D eigenvalue weighted by atomic mass is 32.2. The normalized spacial score (nSPS) is 12.4. The predicted octanol–water partition coefficient (Wildman–Crippen LogP) is 0.891. The summed E-state index contributed by atoms with van der Waals surface area (Å²) in [6.07, 6.45) is 1.35. The first kappa shape index (κ1) is 15.7. The first-order chi connectivity index (χ1) is 7.70. The Morgan fingerprint density at radius 2 is 2.25 bits per heavy atom. The second kappa shape index (κ2) is 11.2. The van der Waals surface area contributed by atoms with Crippen molar-refractivity contribution < 1.29 is 14.6 Å². The first-order valence-corrected chi connectivity index (χ1v) is 6.80. The fourth-order valence-corrected chi connectivity index (χ4v) is 2.05. The highest BCUT2D eigenvalue weighted by Gasteiger charge is 2.07. The molecule has 1 atom stereocenters. The van der Waals surface area contributed by atoms with Gasteiger partial charge in [0.05, 0.1) is 0 Å². The second-order valence-corrected chi connectivity index (χ2v) is 5.03. The third-order valence-corrected chi connectivity index (χ3v) is 3.07. The van der Waals surface area contributed by atoms with E-state index in [9.17, 15) is 4.79 Å². The highest BCUT2D eigenvalue weighted by molar-refractivity contribution is 7.99. The largest absolute Gasteiger partial charge is 0.396 e. The third-order valence-electron chi connectivity index (χ3n) is 2.00. The summed E-state index contributed by atoms with van der Waals surface area (Å²) in [6.45, 7) is 3.57. The minimum atomic E-state index is 0.0901. The molecule has 0 bridgehead atoms. The quantitative estimate of drug-likeness (QED) is 0.565. The molecule has 0 aliphatic rings. The van der Waals surface area contributed by atoms with Crippen LogP contribution in [0.1, 0.15) is 19.8 Å². The number of carbonyl (C=O) groups excluding carboxylic acids is 1. The van der Waals surface area contributed by atoms with Crippen molar-refractivity contribution in [2.75, 3.05) is 38.4 Å². The Morgan fingerprint density at radius 3 is 2.88 bits per heavy atom. The molecule has 0 rings (SSSR count). The van der Waals surface area contributed by atoms with E-state index in [1.54, 1.807) is 18.9 Å². The van der Waals surface area contributed by atoms with Crippen molar-refractivity contribution in [1.29, 1.82) is 0 Å². The Morgan fingerprint density at radius 1 is 1.50 bits per heavy atom. The molecule has 1 unspecified atom stereocenters. The van der Waals surface area contributed by atoms with Crippen LogP contribution < -0.4 is 5.32 Å². The fraction of sp³-hybridized carbons (Fsp3) is 0.909. The van der Waals surface area contributed by atoms with Crippen molar-refractivity contribution >= 4 is 17.7 Å². The lowest BCUT2D eigenvalue weighted by Gasteiger charge is -2.10. The molecule has 0 aromatic rings. The van der Waals surface area contributed by atoms with Gasteiger partial charge in [-0.25, -0.2) is 0 Å². The first-order valence-electron chi connectivity index (χ1n) is 5.65. The number of ether oxygens (including phenoxy) is 1. The van der Waals surface area contributed by atoms with Crippen LogP contribution in [0.3, 0.4) is 0 Å². The maximum atomic E-state index is 11.4. The van der Waals surface area contributed by atoms with Gasteiger partial charge in [-0.2, -0.15) is 11.8 Å². The average Bonchev–Trinajstić information content (AvgIpc) is 2.23. The van der Waals surface area contributed by atoms with Crippen LogP contribution in [0.2, 0.25) is 0 Å². The second-order valence-electron chi connectivity index (χ2n) is 3.80. The maximum absolute atomic E-state index is 11.4. The molecule has 4 nitrogen and oxygen atoms in total. The summed E-state index contributed by atoms with van der Waals surface area (Å²) in [5, 5.41) is 11.4. The highest BCUT2D eigenvalue weighted by Crippen LogP contribution is 2.02. The molecule has 0 radical (unpaired) electrons. The molecule has 0 saturated heterocycles. The molecule has 0 aromatic carbocycles. The van der Waals surface area contributed by atoms with Crippen molar-refractivity contribution in [3.05, 3.63) is 0 Å². The minimum absolute atomic E-state index is 0.0901. The van der Waals surface area contributed by atoms with Crippen molar-refractivity contribution in [2.24, 2.45) is 5.92 Å². The SMILES string of the molecule is COCC(C)CC(=O)NCCSCCCO. The molecule has 2 N–H and O–H groups in total. The number of methoxy groups -OCH3 is 1. The Hall–Kier alpha value is -0.260. The monoisotopic (exact) mass is 249 g/mol. The molecule has 16 heavy (non-hydrogen) atoms. The number of hydrogen-bond donors (Lipinski definition) is 2. The lowest BCUT2D eigenvalue weighted by atomic mass is 10.1. The number of thioether (sulfide) groups is 1. The molecule has 0 saturated carbocycles. The molecule has 0 spiro atoms. The molecule has 0 aliphatic carbocycles. The molecule has 0 aliphatic heterocycles. The van der Waals surface area contributed by atoms with Gasteiger partial charge in [0.1, 0.15) is 0 Å². The number of nitrogens with one attached hydrogen (secondary N) is 1. The molecule has 1 amide bonds. The summed E-state index contributed by atoms with van der Waals surface area (Å²) in [6, 6.07) is 0. The van der Waals surface area contributed by atoms with Crippen LogP contribution in [0, 0.1) is 5.92 Å². The summed E-state index contributed by atoms with van der Waals surface area (Å²) in [4.78, 5) is 11.4. The summed E-state index contributed by atoms with van der Waals surface area (Å²) in [5.74, 6) is 2.22. The van der Waals surface area contributed by atoms with Crippen LogP contribution in [0.4, 0.5) is 0 Å². The van der Waals surface area contributed by atoms with E-state index in [2.05, 4.69) is 5.32 Å². The minimum Gasteiger partial charge on any atom is -0.396 e. The molecule has 0 fully saturated rings. The molecule has 0 aromatic heterocycles. The summed E-state index contributed by atoms with van der Waals surface area (Å²) < 4.78 is 4.97. The number of carbonyl (C=O) groups is 1. The van der Waals surface area contributed by atoms with Gasteiger partial charge in [-0.15, -0.1) is 0 Å². The molecular weight excluding hydrogens is 226 g/mol. The van der Waals surface area contributed by atoms with E-state index in [-0.39, 0.29) is 18.4 Å². The molecule has 0 heterocycles. The zero-order valence-corrected chi connectivity index (χ0v) is 11.0. The summed E-state index contributed by atoms with van der Waals surface area (Å²) in [7, 11) is 1.65. The van der Waals surface area contributed by atoms with E-state index in [0.717, 1.165) is 17.9 Å². The van der Waals surface area contributed by atoms with Crippen LogP contribution in [0.25, 0.3) is 0 Å². The van der Waals surface area contributed by atoms with Crippen molar-refractivity contribution in [3.63, 3.8) is 0 Å². The van der Waals surface area contributed by atoms with Gasteiger partial charge in [0.25, 0.3) is 0 Å². The van der Waals surface area contributed by atoms with Gasteiger partial charge in [0.2, 0.25) is 5.91 Å². The van der Waals surface area contributed by atoms with Gasteiger partial charge in [0, 0.05) is 39.0 Å². The van der Waals surface area contributed by atoms with Crippen molar-refractivity contribution in [1.82, 2.24) is 5.32 Å². The van der Waals surface area contributed by atoms with E-state index >= 15 is 0 Å². The molecule has 96 valence electrons. The fourth-order valence-electron chi connectivity index (χ4n) is 1.26. The zero-order valence-electron chi connectivity index (χ0n) is 10.2. The number of aliphatic hydroxyl groups is 1. The van der Waals surface area contributed by atoms with E-state index in [0.29, 0.717) is 19.6 Å². The van der Waals surface area contributed by atoms with Gasteiger partial charge < -0.3 is 15.2 Å². The standard InChI is InChI=1S/C11H23NO3S/c1-10(9-15-2)8-11(14)12-4-7-16-6-3-5-13/h10,13H,3-9H2,1-2H3,(H,12,14). The number of rotatable bonds is 10. The maximum Gasteiger partial charge on any atom is 0.220 e. The van der Waals surface area contributed by atoms with Gasteiger partial charge in [-0.05, 0) is 18.1 Å². The Kier molecular flexibility index (Phi) is 11.0. The predicted molar refractivity (Wildman–Crippen MR) is 67.7 cm³/mol. The van der Waals surface area contributed by atoms with Crippen LogP contribution in [0.5, 0.6) is 0 Å². The number of hydrogen-bond acceptors (Lipinski definition) is 4. The van der Waals surface area contributed by atoms with Crippen LogP contribution >= 0.6 is 11.8 Å². The topological polar surface area (TPSA) is 58.6 Å². The summed E-state index contributed by atoms with van der Waals surface area (Å²) >= 11 is 1.75. The van der Waals surface area contributed by atoms with E-state index in [1.165, 1.54) is 0 Å². The van der Waals surface area contributed by atoms with Crippen LogP contribution in [-0.2, 0) is 9.53 Å². The van der Waals surface area contributed by atoms with Crippen molar-refractivity contribution in [2.45, 2.75) is 19.8 Å². The Balaban J connectivity index is 3.30. The Bertz CT molecular complexity index is 179.